The summed E-state index contributed by atoms with van der Waals surface area (Å²) in [6.45, 7) is 7.51. The highest BCUT2D eigenvalue weighted by Gasteiger charge is 2.29. The molecule has 2 aromatic heterocycles. The lowest BCUT2D eigenvalue weighted by Crippen LogP contribution is -2.22. The molecule has 0 bridgehead atoms. The molecule has 3 aromatic rings. The first-order valence-electron chi connectivity index (χ1n) is 11.8. The predicted molar refractivity (Wildman–Crippen MR) is 136 cm³/mol. The number of para-hydroxylation sites is 1. The van der Waals surface area contributed by atoms with E-state index in [9.17, 15) is 14.4 Å². The highest BCUT2D eigenvalue weighted by molar-refractivity contribution is 7.17. The van der Waals surface area contributed by atoms with Crippen LogP contribution in [0.1, 0.15) is 62.8 Å². The Morgan fingerprint density at radius 1 is 1.11 bits per heavy atom. The fourth-order valence-electron chi connectivity index (χ4n) is 4.57. The molecule has 0 radical (unpaired) electrons. The van der Waals surface area contributed by atoms with Crippen LogP contribution in [0.4, 0.5) is 5.00 Å². The molecule has 2 heterocycles. The van der Waals surface area contributed by atoms with Gasteiger partial charge in [-0.2, -0.15) is 0 Å². The van der Waals surface area contributed by atoms with Crippen LogP contribution < -0.4 is 5.32 Å². The minimum absolute atomic E-state index is 0.256. The van der Waals surface area contributed by atoms with Crippen molar-refractivity contribution in [3.8, 4) is 5.69 Å². The van der Waals surface area contributed by atoms with Crippen molar-refractivity contribution in [1.29, 1.82) is 0 Å². The number of aryl methyl sites for hydroxylation is 1. The van der Waals surface area contributed by atoms with Gasteiger partial charge in [-0.15, -0.1) is 11.3 Å². The van der Waals surface area contributed by atoms with Crippen molar-refractivity contribution in [3.63, 3.8) is 0 Å². The number of hydrogen-bond acceptors (Lipinski definition) is 6. The van der Waals surface area contributed by atoms with Gasteiger partial charge in [-0.3, -0.25) is 4.79 Å². The van der Waals surface area contributed by atoms with E-state index >= 15 is 0 Å². The van der Waals surface area contributed by atoms with Gasteiger partial charge in [0.15, 0.2) is 6.61 Å². The van der Waals surface area contributed by atoms with Crippen LogP contribution in [0.5, 0.6) is 0 Å². The van der Waals surface area contributed by atoms with E-state index in [-0.39, 0.29) is 6.61 Å². The number of carbonyl (C=O) groups excluding carboxylic acids is 3. The minimum atomic E-state index is -0.569. The monoisotopic (exact) mass is 494 g/mol. The summed E-state index contributed by atoms with van der Waals surface area (Å²) in [5.41, 5.74) is 4.39. The number of rotatable bonds is 7. The summed E-state index contributed by atoms with van der Waals surface area (Å²) in [6.07, 6.45) is 2.64. The Kier molecular flexibility index (Phi) is 7.40. The van der Waals surface area contributed by atoms with Gasteiger partial charge in [0.2, 0.25) is 0 Å². The quantitative estimate of drug-likeness (QED) is 0.453. The number of amides is 1. The Hall–Kier alpha value is -3.39. The Morgan fingerprint density at radius 3 is 2.57 bits per heavy atom. The summed E-state index contributed by atoms with van der Waals surface area (Å²) in [5.74, 6) is -0.969. The predicted octanol–water partition coefficient (Wildman–Crippen LogP) is 5.25. The average Bonchev–Trinajstić information content (AvgIpc) is 3.33. The van der Waals surface area contributed by atoms with Gasteiger partial charge in [0.25, 0.3) is 5.91 Å². The Bertz CT molecular complexity index is 1260. The molecule has 1 atom stereocenters. The number of nitrogens with zero attached hydrogens (tertiary/aromatic N) is 1. The van der Waals surface area contributed by atoms with Crippen molar-refractivity contribution in [2.24, 2.45) is 5.92 Å². The number of benzene rings is 1. The summed E-state index contributed by atoms with van der Waals surface area (Å²) < 4.78 is 12.6. The first-order valence-corrected chi connectivity index (χ1v) is 12.6. The molecule has 8 heteroatoms. The number of esters is 2. The lowest BCUT2D eigenvalue weighted by molar-refractivity contribution is -0.119. The topological polar surface area (TPSA) is 86.6 Å². The Balaban J connectivity index is 1.47. The molecule has 0 fully saturated rings. The zero-order valence-electron chi connectivity index (χ0n) is 20.5. The van der Waals surface area contributed by atoms with Crippen LogP contribution in [0, 0.1) is 19.8 Å². The maximum atomic E-state index is 12.8. The molecule has 4 rings (SSSR count). The minimum Gasteiger partial charge on any atom is -0.462 e. The third-order valence-corrected chi connectivity index (χ3v) is 7.41. The number of ether oxygens (including phenoxy) is 2. The second-order valence-corrected chi connectivity index (χ2v) is 9.96. The van der Waals surface area contributed by atoms with Crippen molar-refractivity contribution < 1.29 is 23.9 Å². The molecule has 1 aromatic carbocycles. The molecule has 0 saturated heterocycles. The number of aromatic nitrogens is 1. The summed E-state index contributed by atoms with van der Waals surface area (Å²) in [4.78, 5) is 39.2. The second kappa shape index (κ2) is 10.5. The molecule has 1 amide bonds. The van der Waals surface area contributed by atoms with E-state index in [0.29, 0.717) is 22.0 Å². The van der Waals surface area contributed by atoms with Crippen LogP contribution >= 0.6 is 11.3 Å². The number of carbonyl (C=O) groups is 3. The van der Waals surface area contributed by atoms with Gasteiger partial charge < -0.3 is 19.4 Å². The van der Waals surface area contributed by atoms with E-state index < -0.39 is 24.5 Å². The van der Waals surface area contributed by atoms with Crippen molar-refractivity contribution in [1.82, 2.24) is 4.57 Å². The first-order chi connectivity index (χ1) is 16.8. The van der Waals surface area contributed by atoms with E-state index in [1.807, 2.05) is 48.7 Å². The molecule has 1 aliphatic rings. The number of thiophene rings is 1. The van der Waals surface area contributed by atoms with E-state index in [1.165, 1.54) is 11.3 Å². The normalized spacial score (nSPS) is 14.8. The molecular weight excluding hydrogens is 464 g/mol. The van der Waals surface area contributed by atoms with Gasteiger partial charge in [0.05, 0.1) is 17.7 Å². The van der Waals surface area contributed by atoms with Crippen LogP contribution in [-0.4, -0.2) is 35.6 Å². The lowest BCUT2D eigenvalue weighted by Gasteiger charge is -2.18. The molecular formula is C27H30N2O5S. The molecule has 7 nitrogen and oxygen atoms in total. The number of hydrogen-bond donors (Lipinski definition) is 1. The maximum absolute atomic E-state index is 12.8. The van der Waals surface area contributed by atoms with Gasteiger partial charge in [-0.1, -0.05) is 25.1 Å². The van der Waals surface area contributed by atoms with E-state index in [1.54, 1.807) is 13.0 Å². The average molecular weight is 495 g/mol. The smallest absolute Gasteiger partial charge is 0.341 e. The Labute approximate surface area is 209 Å². The van der Waals surface area contributed by atoms with Crippen LogP contribution in [0.3, 0.4) is 0 Å². The number of fused-ring (bicyclic) bond motifs is 1. The van der Waals surface area contributed by atoms with E-state index in [2.05, 4.69) is 12.2 Å². The molecule has 0 aliphatic heterocycles. The van der Waals surface area contributed by atoms with Crippen molar-refractivity contribution in [2.45, 2.75) is 47.0 Å². The van der Waals surface area contributed by atoms with Gasteiger partial charge in [0.1, 0.15) is 5.00 Å². The molecule has 184 valence electrons. The summed E-state index contributed by atoms with van der Waals surface area (Å²) >= 11 is 1.41. The molecule has 1 unspecified atom stereocenters. The SMILES string of the molecule is CCOC(=O)c1c(NC(=O)COC(=O)c2cc(C)n(-c3ccccc3)c2C)sc2c1CCC(C)C2. The number of anilines is 1. The van der Waals surface area contributed by atoms with Gasteiger partial charge >= 0.3 is 11.9 Å². The zero-order chi connectivity index (χ0) is 25.1. The summed E-state index contributed by atoms with van der Waals surface area (Å²) in [6, 6.07) is 11.5. The van der Waals surface area contributed by atoms with Gasteiger partial charge in [-0.05, 0) is 69.7 Å². The van der Waals surface area contributed by atoms with E-state index in [4.69, 9.17) is 9.47 Å². The third kappa shape index (κ3) is 5.17. The largest absolute Gasteiger partial charge is 0.462 e. The van der Waals surface area contributed by atoms with E-state index in [0.717, 1.165) is 46.8 Å². The molecule has 35 heavy (non-hydrogen) atoms. The molecule has 1 aliphatic carbocycles. The fraction of sp³-hybridized carbons (Fsp3) is 0.370. The van der Waals surface area contributed by atoms with Gasteiger partial charge in [-0.25, -0.2) is 9.59 Å². The third-order valence-electron chi connectivity index (χ3n) is 6.24. The van der Waals surface area contributed by atoms with Crippen molar-refractivity contribution in [2.75, 3.05) is 18.5 Å². The molecule has 0 saturated carbocycles. The summed E-state index contributed by atoms with van der Waals surface area (Å²) in [5, 5.41) is 3.25. The lowest BCUT2D eigenvalue weighted by atomic mass is 9.88. The summed E-state index contributed by atoms with van der Waals surface area (Å²) in [7, 11) is 0. The second-order valence-electron chi connectivity index (χ2n) is 8.86. The van der Waals surface area contributed by atoms with Crippen LogP contribution in [0.25, 0.3) is 5.69 Å². The molecule has 1 N–H and O–H groups in total. The van der Waals surface area contributed by atoms with Crippen LogP contribution in [0.15, 0.2) is 36.4 Å². The highest BCUT2D eigenvalue weighted by Crippen LogP contribution is 2.40. The number of nitrogens with one attached hydrogen (secondary N) is 1. The zero-order valence-corrected chi connectivity index (χ0v) is 21.3. The standard InChI is InChI=1S/C27H30N2O5S/c1-5-33-27(32)24-20-12-11-16(2)13-22(20)35-25(24)28-23(30)15-34-26(31)21-14-17(3)29(18(21)4)19-9-7-6-8-10-19/h6-10,14,16H,5,11-13,15H2,1-4H3,(H,28,30). The maximum Gasteiger partial charge on any atom is 0.341 e. The fourth-order valence-corrected chi connectivity index (χ4v) is 5.99. The van der Waals surface area contributed by atoms with Gasteiger partial charge in [0, 0.05) is 22.0 Å². The van der Waals surface area contributed by atoms with Crippen molar-refractivity contribution >= 4 is 34.2 Å². The van der Waals surface area contributed by atoms with Crippen LogP contribution in [-0.2, 0) is 27.1 Å². The van der Waals surface area contributed by atoms with Crippen LogP contribution in [0.2, 0.25) is 0 Å². The van der Waals surface area contributed by atoms with Crippen molar-refractivity contribution in [3.05, 3.63) is 69.4 Å². The molecule has 0 spiro atoms. The highest BCUT2D eigenvalue weighted by atomic mass is 32.1. The Morgan fingerprint density at radius 2 is 1.86 bits per heavy atom. The first kappa shape index (κ1) is 24.7.